The van der Waals surface area contributed by atoms with Crippen LogP contribution in [0.1, 0.15) is 6.42 Å². The molecule has 0 atom stereocenters. The summed E-state index contributed by atoms with van der Waals surface area (Å²) >= 11 is 0. The first-order valence-corrected chi connectivity index (χ1v) is 5.00. The Hall–Kier alpha value is -1.43. The molecule has 0 aromatic heterocycles. The van der Waals surface area contributed by atoms with Crippen molar-refractivity contribution >= 4 is 17.8 Å². The molecular formula is C9H14N4O2. The van der Waals surface area contributed by atoms with Gasteiger partial charge in [0.25, 0.3) is 5.91 Å². The summed E-state index contributed by atoms with van der Waals surface area (Å²) in [6.07, 6.45) is -0.128. The third-order valence-corrected chi connectivity index (χ3v) is 2.60. The van der Waals surface area contributed by atoms with E-state index in [9.17, 15) is 9.59 Å². The van der Waals surface area contributed by atoms with E-state index in [1.807, 2.05) is 11.9 Å². The number of hydrogen-bond acceptors (Lipinski definition) is 4. The summed E-state index contributed by atoms with van der Waals surface area (Å²) in [5.41, 5.74) is 0. The summed E-state index contributed by atoms with van der Waals surface area (Å²) in [5.74, 6) is -0.194. The van der Waals surface area contributed by atoms with Crippen LogP contribution < -0.4 is 5.32 Å². The number of piperazine rings is 1. The molecule has 0 aromatic carbocycles. The predicted molar refractivity (Wildman–Crippen MR) is 54.3 cm³/mol. The highest BCUT2D eigenvalue weighted by atomic mass is 16.2. The van der Waals surface area contributed by atoms with Crippen LogP contribution in [0.4, 0.5) is 0 Å². The first kappa shape index (κ1) is 10.1. The molecule has 2 amide bonds. The molecule has 1 saturated heterocycles. The summed E-state index contributed by atoms with van der Waals surface area (Å²) < 4.78 is 0. The summed E-state index contributed by atoms with van der Waals surface area (Å²) in [5, 5.41) is 2.63. The van der Waals surface area contributed by atoms with Crippen molar-refractivity contribution in [1.82, 2.24) is 15.1 Å². The quantitative estimate of drug-likeness (QED) is 0.501. The molecule has 1 fully saturated rings. The molecule has 1 N–H and O–H groups in total. The lowest BCUT2D eigenvalue weighted by Gasteiger charge is -2.34. The van der Waals surface area contributed by atoms with Crippen LogP contribution in [-0.4, -0.2) is 60.8 Å². The molecule has 2 rings (SSSR count). The highest BCUT2D eigenvalue weighted by Gasteiger charge is 2.24. The number of guanidine groups is 1. The van der Waals surface area contributed by atoms with Gasteiger partial charge in [-0.05, 0) is 7.05 Å². The lowest BCUT2D eigenvalue weighted by atomic mass is 10.3. The van der Waals surface area contributed by atoms with E-state index in [1.165, 1.54) is 0 Å². The number of carbonyl (C=O) groups is 2. The number of nitrogens with zero attached hydrogens (tertiary/aromatic N) is 3. The molecule has 2 heterocycles. The number of likely N-dealkylation sites (N-methyl/N-ethyl adjacent to an activating group) is 1. The Balaban J connectivity index is 2.04. The van der Waals surface area contributed by atoms with E-state index in [-0.39, 0.29) is 18.2 Å². The second-order valence-electron chi connectivity index (χ2n) is 3.84. The van der Waals surface area contributed by atoms with E-state index in [2.05, 4.69) is 15.2 Å². The fraction of sp³-hybridized carbons (Fsp3) is 0.667. The van der Waals surface area contributed by atoms with E-state index in [4.69, 9.17) is 0 Å². The minimum absolute atomic E-state index is 0.128. The molecule has 0 aromatic rings. The van der Waals surface area contributed by atoms with Crippen LogP contribution in [-0.2, 0) is 9.59 Å². The average molecular weight is 210 g/mol. The third-order valence-electron chi connectivity index (χ3n) is 2.60. The maximum Gasteiger partial charge on any atom is 0.258 e. The average Bonchev–Trinajstić information content (AvgIpc) is 2.17. The molecule has 0 radical (unpaired) electrons. The fourth-order valence-corrected chi connectivity index (χ4v) is 1.66. The maximum atomic E-state index is 11.1. The lowest BCUT2D eigenvalue weighted by molar-refractivity contribution is -0.127. The van der Waals surface area contributed by atoms with Gasteiger partial charge in [0, 0.05) is 26.2 Å². The number of amides is 2. The minimum atomic E-state index is -0.354. The van der Waals surface area contributed by atoms with Gasteiger partial charge in [-0.25, -0.2) is 0 Å². The largest absolute Gasteiger partial charge is 0.340 e. The van der Waals surface area contributed by atoms with Gasteiger partial charge in [0.15, 0.2) is 0 Å². The smallest absolute Gasteiger partial charge is 0.258 e. The second-order valence-corrected chi connectivity index (χ2v) is 3.84. The maximum absolute atomic E-state index is 11.1. The topological polar surface area (TPSA) is 65.0 Å². The molecule has 15 heavy (non-hydrogen) atoms. The summed E-state index contributed by atoms with van der Waals surface area (Å²) in [6, 6.07) is 0. The van der Waals surface area contributed by atoms with Gasteiger partial charge >= 0.3 is 0 Å². The van der Waals surface area contributed by atoms with Crippen LogP contribution in [0.2, 0.25) is 0 Å². The van der Waals surface area contributed by atoms with Gasteiger partial charge < -0.3 is 9.80 Å². The van der Waals surface area contributed by atoms with Crippen LogP contribution in [0.3, 0.4) is 0 Å². The van der Waals surface area contributed by atoms with Crippen molar-refractivity contribution in [3.63, 3.8) is 0 Å². The number of nitrogens with one attached hydrogen (secondary N) is 1. The van der Waals surface area contributed by atoms with Gasteiger partial charge in [0.2, 0.25) is 11.9 Å². The van der Waals surface area contributed by atoms with Crippen molar-refractivity contribution in [2.75, 3.05) is 33.2 Å². The Morgan fingerprint density at radius 3 is 2.47 bits per heavy atom. The van der Waals surface area contributed by atoms with Crippen LogP contribution in [0.5, 0.6) is 0 Å². The summed E-state index contributed by atoms with van der Waals surface area (Å²) in [4.78, 5) is 30.2. The molecule has 2 aliphatic heterocycles. The van der Waals surface area contributed by atoms with Crippen molar-refractivity contribution in [3.05, 3.63) is 0 Å². The minimum Gasteiger partial charge on any atom is -0.340 e. The van der Waals surface area contributed by atoms with Crippen LogP contribution in [0.15, 0.2) is 4.99 Å². The van der Waals surface area contributed by atoms with E-state index in [0.29, 0.717) is 5.96 Å². The predicted octanol–water partition coefficient (Wildman–Crippen LogP) is -1.36. The third kappa shape index (κ3) is 2.33. The monoisotopic (exact) mass is 210 g/mol. The molecule has 0 saturated carbocycles. The van der Waals surface area contributed by atoms with E-state index < -0.39 is 0 Å². The Kier molecular flexibility index (Phi) is 2.68. The molecule has 0 bridgehead atoms. The number of hydrogen-bond donors (Lipinski definition) is 1. The van der Waals surface area contributed by atoms with Crippen molar-refractivity contribution in [2.24, 2.45) is 4.99 Å². The second kappa shape index (κ2) is 3.98. The van der Waals surface area contributed by atoms with Crippen molar-refractivity contribution in [1.29, 1.82) is 0 Å². The number of aliphatic imine (C=N–C) groups is 1. The van der Waals surface area contributed by atoms with Gasteiger partial charge in [0.1, 0.15) is 6.42 Å². The SMILES string of the molecule is CN1CCN(C2=NC(=O)CC(=O)N2)CC1. The number of carbonyl (C=O) groups excluding carboxylic acids is 2. The van der Waals surface area contributed by atoms with Crippen molar-refractivity contribution in [2.45, 2.75) is 6.42 Å². The highest BCUT2D eigenvalue weighted by Crippen LogP contribution is 2.03. The van der Waals surface area contributed by atoms with E-state index in [0.717, 1.165) is 26.2 Å². The molecule has 82 valence electrons. The first-order valence-electron chi connectivity index (χ1n) is 5.00. The van der Waals surface area contributed by atoms with Gasteiger partial charge in [-0.15, -0.1) is 0 Å². The first-order chi connectivity index (χ1) is 7.15. The summed E-state index contributed by atoms with van der Waals surface area (Å²) in [6.45, 7) is 3.43. The Morgan fingerprint density at radius 2 is 1.87 bits per heavy atom. The van der Waals surface area contributed by atoms with Gasteiger partial charge in [-0.3, -0.25) is 14.9 Å². The van der Waals surface area contributed by atoms with Crippen molar-refractivity contribution in [3.8, 4) is 0 Å². The van der Waals surface area contributed by atoms with Crippen LogP contribution >= 0.6 is 0 Å². The van der Waals surface area contributed by atoms with Gasteiger partial charge in [0.05, 0.1) is 0 Å². The molecule has 0 spiro atoms. The zero-order chi connectivity index (χ0) is 10.8. The Bertz CT molecular complexity index is 318. The zero-order valence-electron chi connectivity index (χ0n) is 8.69. The van der Waals surface area contributed by atoms with Gasteiger partial charge in [-0.2, -0.15) is 4.99 Å². The highest BCUT2D eigenvalue weighted by molar-refractivity contribution is 6.13. The van der Waals surface area contributed by atoms with E-state index >= 15 is 0 Å². The van der Waals surface area contributed by atoms with Crippen molar-refractivity contribution < 1.29 is 9.59 Å². The zero-order valence-corrected chi connectivity index (χ0v) is 8.69. The molecule has 0 aliphatic carbocycles. The molecule has 6 nitrogen and oxygen atoms in total. The molecule has 6 heteroatoms. The fourth-order valence-electron chi connectivity index (χ4n) is 1.66. The van der Waals surface area contributed by atoms with Crippen LogP contribution in [0, 0.1) is 0 Å². The summed E-state index contributed by atoms with van der Waals surface area (Å²) in [7, 11) is 2.05. The standard InChI is InChI=1S/C9H14N4O2/c1-12-2-4-13(5-3-12)9-10-7(14)6-8(15)11-9/h2-6H2,1H3,(H,10,11,14,15). The molecule has 2 aliphatic rings. The van der Waals surface area contributed by atoms with Crippen LogP contribution in [0.25, 0.3) is 0 Å². The van der Waals surface area contributed by atoms with Gasteiger partial charge in [-0.1, -0.05) is 0 Å². The lowest BCUT2D eigenvalue weighted by Crippen LogP contribution is -2.54. The Labute approximate surface area is 87.9 Å². The molecule has 0 unspecified atom stereocenters. The Morgan fingerprint density at radius 1 is 1.20 bits per heavy atom. The van der Waals surface area contributed by atoms with E-state index in [1.54, 1.807) is 0 Å². The molecular weight excluding hydrogens is 196 g/mol. The normalized spacial score (nSPS) is 23.8. The number of rotatable bonds is 0.